The Morgan fingerprint density at radius 3 is 2.53 bits per heavy atom. The van der Waals surface area contributed by atoms with Gasteiger partial charge >= 0.3 is 0 Å². The number of rotatable bonds is 5. The van der Waals surface area contributed by atoms with Crippen LogP contribution in [0.4, 0.5) is 0 Å². The molecule has 0 saturated carbocycles. The van der Waals surface area contributed by atoms with Gasteiger partial charge in [0.25, 0.3) is 0 Å². The monoisotopic (exact) mass is 290 g/mol. The van der Waals surface area contributed by atoms with E-state index in [1.165, 1.54) is 6.26 Å². The van der Waals surface area contributed by atoms with Crippen LogP contribution in [0.3, 0.4) is 0 Å². The zero-order chi connectivity index (χ0) is 14.7. The fourth-order valence-electron chi connectivity index (χ4n) is 2.62. The molecule has 0 aromatic carbocycles. The molecule has 0 spiro atoms. The topological polar surface area (TPSA) is 63.4 Å². The van der Waals surface area contributed by atoms with E-state index in [4.69, 9.17) is 5.73 Å². The van der Waals surface area contributed by atoms with Gasteiger partial charge in [0.05, 0.1) is 6.26 Å². The minimum absolute atomic E-state index is 0.158. The summed E-state index contributed by atoms with van der Waals surface area (Å²) in [5, 5.41) is 0. The first-order valence-corrected chi connectivity index (χ1v) is 9.16. The largest absolute Gasteiger partial charge is 0.327 e. The van der Waals surface area contributed by atoms with Crippen molar-refractivity contribution in [3.8, 4) is 0 Å². The van der Waals surface area contributed by atoms with E-state index in [1.54, 1.807) is 4.31 Å². The molecule has 1 aliphatic heterocycles. The lowest BCUT2D eigenvalue weighted by molar-refractivity contribution is 0.241. The molecule has 0 radical (unpaired) electrons. The zero-order valence-electron chi connectivity index (χ0n) is 12.9. The molecule has 0 amide bonds. The molecular weight excluding hydrogens is 260 g/mol. The lowest BCUT2D eigenvalue weighted by Crippen LogP contribution is -2.39. The Morgan fingerprint density at radius 1 is 1.37 bits per heavy atom. The summed E-state index contributed by atoms with van der Waals surface area (Å²) in [7, 11) is -3.01. The van der Waals surface area contributed by atoms with Crippen LogP contribution in [-0.2, 0) is 10.0 Å². The van der Waals surface area contributed by atoms with Crippen LogP contribution in [0.15, 0.2) is 0 Å². The third-order valence-corrected chi connectivity index (χ3v) is 5.46. The van der Waals surface area contributed by atoms with E-state index < -0.39 is 10.0 Å². The molecule has 19 heavy (non-hydrogen) atoms. The van der Waals surface area contributed by atoms with Crippen LogP contribution < -0.4 is 5.73 Å². The smallest absolute Gasteiger partial charge is 0.211 e. The van der Waals surface area contributed by atoms with Gasteiger partial charge in [-0.2, -0.15) is 0 Å². The van der Waals surface area contributed by atoms with E-state index in [9.17, 15) is 8.42 Å². The highest BCUT2D eigenvalue weighted by molar-refractivity contribution is 7.88. The van der Waals surface area contributed by atoms with Gasteiger partial charge < -0.3 is 5.73 Å². The molecule has 0 aromatic heterocycles. The summed E-state index contributed by atoms with van der Waals surface area (Å²) < 4.78 is 24.7. The second-order valence-electron chi connectivity index (χ2n) is 7.03. The second kappa shape index (κ2) is 6.55. The van der Waals surface area contributed by atoms with Crippen LogP contribution in [-0.4, -0.2) is 38.1 Å². The number of nitrogens with two attached hydrogens (primary N) is 1. The molecule has 0 aromatic rings. The Kier molecular flexibility index (Phi) is 5.83. The molecule has 0 aliphatic carbocycles. The van der Waals surface area contributed by atoms with Crippen molar-refractivity contribution in [2.24, 2.45) is 17.1 Å². The van der Waals surface area contributed by atoms with Crippen LogP contribution in [0.1, 0.15) is 52.9 Å². The van der Waals surface area contributed by atoms with E-state index in [-0.39, 0.29) is 11.5 Å². The number of hydrogen-bond acceptors (Lipinski definition) is 3. The van der Waals surface area contributed by atoms with Gasteiger partial charge in [-0.1, -0.05) is 27.2 Å². The Labute approximate surface area is 118 Å². The van der Waals surface area contributed by atoms with E-state index in [0.717, 1.165) is 32.1 Å². The first kappa shape index (κ1) is 16.9. The molecule has 2 unspecified atom stereocenters. The van der Waals surface area contributed by atoms with Crippen LogP contribution in [0.25, 0.3) is 0 Å². The maximum absolute atomic E-state index is 11.6. The third-order valence-electron chi connectivity index (χ3n) is 4.19. The molecule has 0 bridgehead atoms. The Bertz CT molecular complexity index is 373. The van der Waals surface area contributed by atoms with Gasteiger partial charge in [0, 0.05) is 19.1 Å². The molecule has 1 saturated heterocycles. The summed E-state index contributed by atoms with van der Waals surface area (Å²) in [5.41, 5.74) is 6.31. The lowest BCUT2D eigenvalue weighted by Gasteiger charge is -2.32. The maximum Gasteiger partial charge on any atom is 0.211 e. The van der Waals surface area contributed by atoms with Crippen molar-refractivity contribution < 1.29 is 8.42 Å². The molecular formula is C14H30N2O2S. The maximum atomic E-state index is 11.6. The first-order chi connectivity index (χ1) is 8.60. The highest BCUT2D eigenvalue weighted by Gasteiger charge is 2.26. The fourth-order valence-corrected chi connectivity index (χ4v) is 3.57. The first-order valence-electron chi connectivity index (χ1n) is 7.31. The average Bonchev–Trinajstić information content (AvgIpc) is 2.27. The minimum Gasteiger partial charge on any atom is -0.327 e. The van der Waals surface area contributed by atoms with Crippen molar-refractivity contribution in [3.05, 3.63) is 0 Å². The molecule has 1 heterocycles. The normalized spacial score (nSPS) is 24.4. The van der Waals surface area contributed by atoms with Crippen LogP contribution in [0.5, 0.6) is 0 Å². The standard InChI is InChI=1S/C14H30N2O2S/c1-14(2,3)13(15)9-5-7-12-8-6-10-16(11-12)19(4,17)18/h12-13H,5-11,15H2,1-4H3. The lowest BCUT2D eigenvalue weighted by atomic mass is 9.83. The summed E-state index contributed by atoms with van der Waals surface area (Å²) in [6.07, 6.45) is 6.67. The van der Waals surface area contributed by atoms with E-state index >= 15 is 0 Å². The van der Waals surface area contributed by atoms with Crippen molar-refractivity contribution >= 4 is 10.0 Å². The summed E-state index contributed by atoms with van der Waals surface area (Å²) >= 11 is 0. The van der Waals surface area contributed by atoms with E-state index in [2.05, 4.69) is 20.8 Å². The van der Waals surface area contributed by atoms with Crippen molar-refractivity contribution in [1.29, 1.82) is 0 Å². The van der Waals surface area contributed by atoms with Crippen LogP contribution in [0.2, 0.25) is 0 Å². The number of nitrogens with zero attached hydrogens (tertiary/aromatic N) is 1. The molecule has 2 N–H and O–H groups in total. The summed E-state index contributed by atoms with van der Waals surface area (Å²) in [6.45, 7) is 7.90. The van der Waals surface area contributed by atoms with Gasteiger partial charge in [0.1, 0.15) is 0 Å². The summed E-state index contributed by atoms with van der Waals surface area (Å²) in [4.78, 5) is 0. The van der Waals surface area contributed by atoms with Gasteiger partial charge in [-0.25, -0.2) is 12.7 Å². The van der Waals surface area contributed by atoms with Crippen molar-refractivity contribution in [1.82, 2.24) is 4.31 Å². The Hall–Kier alpha value is -0.130. The predicted molar refractivity (Wildman–Crippen MR) is 80.4 cm³/mol. The third kappa shape index (κ3) is 5.79. The predicted octanol–water partition coefficient (Wildman–Crippen LogP) is 2.20. The SMILES string of the molecule is CC(C)(C)C(N)CCCC1CCCN(S(C)(=O)=O)C1. The Balaban J connectivity index is 2.34. The van der Waals surface area contributed by atoms with Crippen LogP contribution >= 0.6 is 0 Å². The van der Waals surface area contributed by atoms with Gasteiger partial charge in [0.15, 0.2) is 0 Å². The molecule has 4 nitrogen and oxygen atoms in total. The van der Waals surface area contributed by atoms with Crippen molar-refractivity contribution in [3.63, 3.8) is 0 Å². The average molecular weight is 290 g/mol. The number of piperidine rings is 1. The molecule has 2 atom stereocenters. The molecule has 5 heteroatoms. The van der Waals surface area contributed by atoms with Gasteiger partial charge in [-0.3, -0.25) is 0 Å². The highest BCUT2D eigenvalue weighted by Crippen LogP contribution is 2.26. The van der Waals surface area contributed by atoms with Gasteiger partial charge in [-0.15, -0.1) is 0 Å². The van der Waals surface area contributed by atoms with Gasteiger partial charge in [-0.05, 0) is 37.0 Å². The summed E-state index contributed by atoms with van der Waals surface area (Å²) in [6, 6.07) is 0.224. The highest BCUT2D eigenvalue weighted by atomic mass is 32.2. The van der Waals surface area contributed by atoms with Crippen LogP contribution in [0, 0.1) is 11.3 Å². The second-order valence-corrected chi connectivity index (χ2v) is 9.02. The van der Waals surface area contributed by atoms with Crippen molar-refractivity contribution in [2.45, 2.75) is 58.9 Å². The summed E-state index contributed by atoms with van der Waals surface area (Å²) in [5.74, 6) is 0.510. The molecule has 1 fully saturated rings. The van der Waals surface area contributed by atoms with E-state index in [1.807, 2.05) is 0 Å². The Morgan fingerprint density at radius 2 is 2.00 bits per heavy atom. The van der Waals surface area contributed by atoms with Crippen molar-refractivity contribution in [2.75, 3.05) is 19.3 Å². The molecule has 1 aliphatic rings. The quantitative estimate of drug-likeness (QED) is 0.844. The van der Waals surface area contributed by atoms with E-state index in [0.29, 0.717) is 19.0 Å². The molecule has 114 valence electrons. The fraction of sp³-hybridized carbons (Fsp3) is 1.00. The molecule has 1 rings (SSSR count). The zero-order valence-corrected chi connectivity index (χ0v) is 13.7. The minimum atomic E-state index is -3.01. The van der Waals surface area contributed by atoms with Gasteiger partial charge in [0.2, 0.25) is 10.0 Å². The number of sulfonamides is 1. The number of hydrogen-bond donors (Lipinski definition) is 1.